The van der Waals surface area contributed by atoms with E-state index in [9.17, 15) is 4.79 Å². The Labute approximate surface area is 130 Å². The van der Waals surface area contributed by atoms with Gasteiger partial charge in [-0.1, -0.05) is 33.6 Å². The Morgan fingerprint density at radius 2 is 1.95 bits per heavy atom. The molecule has 0 saturated heterocycles. The third kappa shape index (κ3) is 6.35. The highest BCUT2D eigenvalue weighted by atomic mass is 16.5. The van der Waals surface area contributed by atoms with E-state index in [1.165, 1.54) is 19.3 Å². The SMILES string of the molecule is CC1CCCCC1OCC(=O)NC(C)C(C)(C)CN(C)C. The van der Waals surface area contributed by atoms with Gasteiger partial charge in [-0.25, -0.2) is 0 Å². The van der Waals surface area contributed by atoms with Gasteiger partial charge >= 0.3 is 0 Å². The first-order valence-electron chi connectivity index (χ1n) is 8.28. The van der Waals surface area contributed by atoms with Crippen LogP contribution in [0, 0.1) is 11.3 Å². The van der Waals surface area contributed by atoms with Gasteiger partial charge in [0.15, 0.2) is 0 Å². The second-order valence-electron chi connectivity index (χ2n) is 7.63. The Balaban J connectivity index is 2.35. The molecule has 0 spiro atoms. The molecule has 0 aromatic heterocycles. The minimum absolute atomic E-state index is 0.00658. The van der Waals surface area contributed by atoms with Crippen LogP contribution in [0.15, 0.2) is 0 Å². The number of nitrogens with one attached hydrogen (secondary N) is 1. The third-order valence-corrected chi connectivity index (χ3v) is 4.73. The van der Waals surface area contributed by atoms with Gasteiger partial charge in [0, 0.05) is 12.6 Å². The van der Waals surface area contributed by atoms with Gasteiger partial charge in [-0.2, -0.15) is 0 Å². The highest BCUT2D eigenvalue weighted by Gasteiger charge is 2.28. The van der Waals surface area contributed by atoms with Crippen molar-refractivity contribution in [1.82, 2.24) is 10.2 Å². The molecule has 21 heavy (non-hydrogen) atoms. The van der Waals surface area contributed by atoms with Crippen molar-refractivity contribution in [3.05, 3.63) is 0 Å². The van der Waals surface area contributed by atoms with Crippen LogP contribution in [-0.4, -0.2) is 50.2 Å². The van der Waals surface area contributed by atoms with E-state index in [0.29, 0.717) is 5.92 Å². The summed E-state index contributed by atoms with van der Waals surface area (Å²) in [4.78, 5) is 14.2. The van der Waals surface area contributed by atoms with Gasteiger partial charge in [-0.05, 0) is 45.2 Å². The summed E-state index contributed by atoms with van der Waals surface area (Å²) in [5, 5.41) is 3.09. The summed E-state index contributed by atoms with van der Waals surface area (Å²) >= 11 is 0. The van der Waals surface area contributed by atoms with Gasteiger partial charge in [-0.15, -0.1) is 0 Å². The summed E-state index contributed by atoms with van der Waals surface area (Å²) in [6, 6.07) is 0.125. The molecule has 1 rings (SSSR count). The Morgan fingerprint density at radius 3 is 2.52 bits per heavy atom. The van der Waals surface area contributed by atoms with E-state index in [-0.39, 0.29) is 30.1 Å². The van der Waals surface area contributed by atoms with E-state index in [1.54, 1.807) is 0 Å². The minimum Gasteiger partial charge on any atom is -0.368 e. The van der Waals surface area contributed by atoms with Gasteiger partial charge in [0.05, 0.1) is 6.10 Å². The number of ether oxygens (including phenoxy) is 1. The van der Waals surface area contributed by atoms with E-state index in [4.69, 9.17) is 4.74 Å². The fraction of sp³-hybridized carbons (Fsp3) is 0.941. The molecule has 124 valence electrons. The molecule has 1 amide bonds. The molecule has 0 aromatic rings. The zero-order valence-electron chi connectivity index (χ0n) is 14.7. The zero-order valence-corrected chi connectivity index (χ0v) is 14.7. The summed E-state index contributed by atoms with van der Waals surface area (Å²) in [7, 11) is 4.12. The molecule has 3 unspecified atom stereocenters. The van der Waals surface area contributed by atoms with Crippen molar-refractivity contribution in [3.8, 4) is 0 Å². The van der Waals surface area contributed by atoms with Crippen LogP contribution in [0.1, 0.15) is 53.4 Å². The summed E-state index contributed by atoms with van der Waals surface area (Å²) in [5.41, 5.74) is 0.0390. The van der Waals surface area contributed by atoms with Crippen molar-refractivity contribution in [2.45, 2.75) is 65.5 Å². The van der Waals surface area contributed by atoms with Crippen LogP contribution in [-0.2, 0) is 9.53 Å². The molecule has 1 aliphatic carbocycles. The van der Waals surface area contributed by atoms with Crippen molar-refractivity contribution >= 4 is 5.91 Å². The fourth-order valence-electron chi connectivity index (χ4n) is 3.14. The molecule has 4 heteroatoms. The first-order chi connectivity index (χ1) is 9.72. The van der Waals surface area contributed by atoms with E-state index in [1.807, 2.05) is 0 Å². The van der Waals surface area contributed by atoms with E-state index < -0.39 is 0 Å². The number of nitrogens with zero attached hydrogens (tertiary/aromatic N) is 1. The fourth-order valence-corrected chi connectivity index (χ4v) is 3.14. The van der Waals surface area contributed by atoms with Crippen LogP contribution in [0.25, 0.3) is 0 Å². The van der Waals surface area contributed by atoms with Crippen LogP contribution in [0.3, 0.4) is 0 Å². The van der Waals surface area contributed by atoms with Crippen molar-refractivity contribution < 1.29 is 9.53 Å². The summed E-state index contributed by atoms with van der Waals surface area (Å²) < 4.78 is 5.83. The van der Waals surface area contributed by atoms with Gasteiger partial charge < -0.3 is 15.0 Å². The zero-order chi connectivity index (χ0) is 16.0. The van der Waals surface area contributed by atoms with Gasteiger partial charge in [-0.3, -0.25) is 4.79 Å². The number of amides is 1. The lowest BCUT2D eigenvalue weighted by atomic mass is 9.85. The second kappa shape index (κ2) is 8.14. The molecule has 0 heterocycles. The topological polar surface area (TPSA) is 41.6 Å². The maximum absolute atomic E-state index is 12.1. The van der Waals surface area contributed by atoms with Crippen molar-refractivity contribution in [3.63, 3.8) is 0 Å². The first-order valence-corrected chi connectivity index (χ1v) is 8.28. The number of hydrogen-bond acceptors (Lipinski definition) is 3. The van der Waals surface area contributed by atoms with Crippen LogP contribution >= 0.6 is 0 Å². The highest BCUT2D eigenvalue weighted by Crippen LogP contribution is 2.26. The molecule has 0 radical (unpaired) electrons. The molecule has 0 aliphatic heterocycles. The lowest BCUT2D eigenvalue weighted by Gasteiger charge is -2.35. The number of carbonyl (C=O) groups excluding carboxylic acids is 1. The molecule has 1 saturated carbocycles. The predicted octanol–water partition coefficient (Wildman–Crippen LogP) is 2.67. The quantitative estimate of drug-likeness (QED) is 0.785. The van der Waals surface area contributed by atoms with E-state index in [2.05, 4.69) is 52.0 Å². The number of rotatable bonds is 7. The molecule has 0 bridgehead atoms. The molecule has 4 nitrogen and oxygen atoms in total. The van der Waals surface area contributed by atoms with Crippen LogP contribution < -0.4 is 5.32 Å². The second-order valence-corrected chi connectivity index (χ2v) is 7.63. The summed E-state index contributed by atoms with van der Waals surface area (Å²) in [5.74, 6) is 0.585. The van der Waals surface area contributed by atoms with Crippen LogP contribution in [0.4, 0.5) is 0 Å². The molecular weight excluding hydrogens is 264 g/mol. The van der Waals surface area contributed by atoms with Crippen molar-refractivity contribution in [1.29, 1.82) is 0 Å². The molecule has 1 aliphatic rings. The Morgan fingerprint density at radius 1 is 1.33 bits per heavy atom. The average molecular weight is 298 g/mol. The largest absolute Gasteiger partial charge is 0.368 e. The molecule has 1 N–H and O–H groups in total. The van der Waals surface area contributed by atoms with Crippen molar-refractivity contribution in [2.75, 3.05) is 27.2 Å². The summed E-state index contributed by atoms with van der Waals surface area (Å²) in [6.45, 7) is 9.80. The monoisotopic (exact) mass is 298 g/mol. The van der Waals surface area contributed by atoms with Gasteiger partial charge in [0.25, 0.3) is 0 Å². The summed E-state index contributed by atoms with van der Waals surface area (Å²) in [6.07, 6.45) is 5.09. The van der Waals surface area contributed by atoms with Gasteiger partial charge in [0.2, 0.25) is 5.91 Å². The first kappa shape index (κ1) is 18.4. The van der Waals surface area contributed by atoms with Crippen LogP contribution in [0.2, 0.25) is 0 Å². The Kier molecular flexibility index (Phi) is 7.14. The third-order valence-electron chi connectivity index (χ3n) is 4.73. The predicted molar refractivity (Wildman–Crippen MR) is 87.3 cm³/mol. The lowest BCUT2D eigenvalue weighted by molar-refractivity contribution is -0.131. The van der Waals surface area contributed by atoms with Crippen LogP contribution in [0.5, 0.6) is 0 Å². The smallest absolute Gasteiger partial charge is 0.246 e. The number of carbonyl (C=O) groups is 1. The molecule has 0 aromatic carbocycles. The van der Waals surface area contributed by atoms with E-state index >= 15 is 0 Å². The van der Waals surface area contributed by atoms with E-state index in [0.717, 1.165) is 13.0 Å². The maximum Gasteiger partial charge on any atom is 0.246 e. The number of hydrogen-bond donors (Lipinski definition) is 1. The standard InChI is InChI=1S/C17H34N2O2/c1-13-9-7-8-10-15(13)21-11-16(20)18-14(2)17(3,4)12-19(5)6/h13-15H,7-12H2,1-6H3,(H,18,20). The Hall–Kier alpha value is -0.610. The normalized spacial score (nSPS) is 24.9. The minimum atomic E-state index is 0.00658. The lowest BCUT2D eigenvalue weighted by Crippen LogP contribution is -2.48. The Bertz CT molecular complexity index is 329. The molecule has 3 atom stereocenters. The average Bonchev–Trinajstić information content (AvgIpc) is 2.36. The molecule has 1 fully saturated rings. The van der Waals surface area contributed by atoms with Crippen molar-refractivity contribution in [2.24, 2.45) is 11.3 Å². The van der Waals surface area contributed by atoms with Gasteiger partial charge in [0.1, 0.15) is 6.61 Å². The molecular formula is C17H34N2O2. The highest BCUT2D eigenvalue weighted by molar-refractivity contribution is 5.77. The maximum atomic E-state index is 12.1.